The lowest BCUT2D eigenvalue weighted by Gasteiger charge is -2.23. The van der Waals surface area contributed by atoms with Gasteiger partial charge in [-0.25, -0.2) is 13.4 Å². The topological polar surface area (TPSA) is 90.3 Å². The summed E-state index contributed by atoms with van der Waals surface area (Å²) in [4.78, 5) is 16.9. The number of carbonyl (C=O) groups is 1. The van der Waals surface area contributed by atoms with E-state index in [4.69, 9.17) is 4.74 Å². The number of nitrogens with one attached hydrogen (secondary N) is 1. The Balaban J connectivity index is 1.36. The zero-order chi connectivity index (χ0) is 20.4. The first-order chi connectivity index (χ1) is 13.9. The highest BCUT2D eigenvalue weighted by Crippen LogP contribution is 2.26. The third-order valence-electron chi connectivity index (χ3n) is 4.95. The van der Waals surface area contributed by atoms with Crippen LogP contribution in [0.1, 0.15) is 12.1 Å². The third-order valence-corrected chi connectivity index (χ3v) is 6.08. The smallest absolute Gasteiger partial charge is 0.227 e. The summed E-state index contributed by atoms with van der Waals surface area (Å²) < 4.78 is 30.8. The van der Waals surface area contributed by atoms with Crippen molar-refractivity contribution in [1.82, 2.24) is 9.55 Å². The van der Waals surface area contributed by atoms with Gasteiger partial charge in [0.1, 0.15) is 11.5 Å². The molecule has 8 heteroatoms. The van der Waals surface area contributed by atoms with Gasteiger partial charge < -0.3 is 14.6 Å². The molecule has 4 rings (SSSR count). The fourth-order valence-electron chi connectivity index (χ4n) is 3.33. The highest BCUT2D eigenvalue weighted by atomic mass is 32.2. The van der Waals surface area contributed by atoms with Gasteiger partial charge in [-0.3, -0.25) is 4.79 Å². The molecule has 0 unspecified atom stereocenters. The monoisotopic (exact) mass is 411 g/mol. The zero-order valence-electron chi connectivity index (χ0n) is 15.9. The van der Waals surface area contributed by atoms with Crippen LogP contribution in [-0.2, 0) is 27.6 Å². The summed E-state index contributed by atoms with van der Waals surface area (Å²) in [5.41, 5.74) is 1.79. The van der Waals surface area contributed by atoms with Crippen LogP contribution in [0.3, 0.4) is 0 Å². The molecule has 1 atom stereocenters. The van der Waals surface area contributed by atoms with E-state index >= 15 is 0 Å². The van der Waals surface area contributed by atoms with Crippen LogP contribution in [0.4, 0.5) is 5.69 Å². The number of fused-ring (bicyclic) bond motifs is 1. The molecule has 0 spiro atoms. The Morgan fingerprint density at radius 1 is 1.10 bits per heavy atom. The van der Waals surface area contributed by atoms with Gasteiger partial charge in [0.2, 0.25) is 5.91 Å². The van der Waals surface area contributed by atoms with Crippen LogP contribution < -0.4 is 10.1 Å². The second-order valence-corrected chi connectivity index (χ2v) is 9.14. The molecule has 0 aliphatic carbocycles. The molecular weight excluding hydrogens is 390 g/mol. The van der Waals surface area contributed by atoms with Crippen molar-refractivity contribution in [3.8, 4) is 11.5 Å². The molecule has 1 aliphatic rings. The number of benzene rings is 2. The van der Waals surface area contributed by atoms with E-state index in [1.807, 2.05) is 6.20 Å². The minimum absolute atomic E-state index is 0.00230. The average Bonchev–Trinajstić information content (AvgIpc) is 3.17. The molecule has 1 aromatic heterocycles. The van der Waals surface area contributed by atoms with Gasteiger partial charge in [-0.15, -0.1) is 0 Å². The number of ether oxygens (including phenoxy) is 1. The maximum absolute atomic E-state index is 12.6. The molecular formula is C21H21N3O4S. The van der Waals surface area contributed by atoms with Crippen molar-refractivity contribution in [2.45, 2.75) is 24.3 Å². The highest BCUT2D eigenvalue weighted by molar-refractivity contribution is 7.90. The number of carbonyl (C=O) groups excluding carboxylic acids is 1. The zero-order valence-corrected chi connectivity index (χ0v) is 16.7. The van der Waals surface area contributed by atoms with Crippen molar-refractivity contribution in [3.63, 3.8) is 0 Å². The van der Waals surface area contributed by atoms with Gasteiger partial charge in [-0.2, -0.15) is 0 Å². The summed E-state index contributed by atoms with van der Waals surface area (Å²) in [7, 11) is -3.23. The van der Waals surface area contributed by atoms with E-state index < -0.39 is 9.84 Å². The summed E-state index contributed by atoms with van der Waals surface area (Å²) >= 11 is 0. The van der Waals surface area contributed by atoms with E-state index in [9.17, 15) is 13.2 Å². The number of aromatic nitrogens is 2. The number of imidazole rings is 1. The van der Waals surface area contributed by atoms with Gasteiger partial charge in [-0.1, -0.05) is 0 Å². The summed E-state index contributed by atoms with van der Waals surface area (Å²) in [5.74, 6) is 1.07. The first-order valence-corrected chi connectivity index (χ1v) is 11.2. The molecule has 2 heterocycles. The molecule has 2 aromatic carbocycles. The second-order valence-electron chi connectivity index (χ2n) is 7.13. The largest absolute Gasteiger partial charge is 0.457 e. The lowest BCUT2D eigenvalue weighted by molar-refractivity contribution is -0.120. The molecule has 0 saturated carbocycles. The van der Waals surface area contributed by atoms with Gasteiger partial charge in [-0.05, 0) is 55.0 Å². The Morgan fingerprint density at radius 3 is 2.41 bits per heavy atom. The van der Waals surface area contributed by atoms with Crippen LogP contribution in [0.25, 0.3) is 0 Å². The molecule has 0 bridgehead atoms. The molecule has 29 heavy (non-hydrogen) atoms. The number of sulfone groups is 1. The normalized spacial score (nSPS) is 16.1. The van der Waals surface area contributed by atoms with E-state index in [1.54, 1.807) is 42.7 Å². The van der Waals surface area contributed by atoms with E-state index in [0.717, 1.165) is 24.9 Å². The Bertz CT molecular complexity index is 1120. The summed E-state index contributed by atoms with van der Waals surface area (Å²) in [6.07, 6.45) is 6.26. The summed E-state index contributed by atoms with van der Waals surface area (Å²) in [5, 5.41) is 2.96. The predicted molar refractivity (Wildman–Crippen MR) is 109 cm³/mol. The number of aryl methyl sites for hydroxylation is 1. The van der Waals surface area contributed by atoms with E-state index in [1.165, 1.54) is 12.1 Å². The van der Waals surface area contributed by atoms with E-state index in [0.29, 0.717) is 23.6 Å². The van der Waals surface area contributed by atoms with Crippen LogP contribution in [0.5, 0.6) is 11.5 Å². The average molecular weight is 411 g/mol. The lowest BCUT2D eigenvalue weighted by atomic mass is 9.95. The Labute approximate surface area is 169 Å². The standard InChI is InChI=1S/C21H21N3O4S/c1-29(26,27)20-8-6-19(7-9-20)28-18-4-2-16(3-5-18)23-21(25)15-10-11-24-14-22-13-17(24)12-15/h2-9,13-15H,10-12H2,1H3,(H,23,25)/t15-/m0/s1. The molecule has 1 amide bonds. The van der Waals surface area contributed by atoms with Crippen LogP contribution in [0, 0.1) is 5.92 Å². The van der Waals surface area contributed by atoms with Gasteiger partial charge in [0, 0.05) is 42.7 Å². The van der Waals surface area contributed by atoms with Crippen LogP contribution in [-0.4, -0.2) is 30.1 Å². The molecule has 1 N–H and O–H groups in total. The second kappa shape index (κ2) is 7.71. The maximum atomic E-state index is 12.6. The Kier molecular flexibility index (Phi) is 5.10. The number of amides is 1. The summed E-state index contributed by atoms with van der Waals surface area (Å²) in [6.45, 7) is 0.804. The highest BCUT2D eigenvalue weighted by Gasteiger charge is 2.24. The third kappa shape index (κ3) is 4.48. The van der Waals surface area contributed by atoms with Gasteiger partial charge in [0.05, 0.1) is 11.2 Å². The van der Waals surface area contributed by atoms with Crippen LogP contribution in [0.15, 0.2) is 66.0 Å². The lowest BCUT2D eigenvalue weighted by Crippen LogP contribution is -2.29. The first-order valence-electron chi connectivity index (χ1n) is 9.26. The number of hydrogen-bond acceptors (Lipinski definition) is 5. The van der Waals surface area contributed by atoms with Gasteiger partial charge >= 0.3 is 0 Å². The van der Waals surface area contributed by atoms with E-state index in [-0.39, 0.29) is 16.7 Å². The molecule has 7 nitrogen and oxygen atoms in total. The molecule has 0 fully saturated rings. The van der Waals surface area contributed by atoms with Crippen molar-refractivity contribution in [2.24, 2.45) is 5.92 Å². The summed E-state index contributed by atoms with van der Waals surface area (Å²) in [6, 6.07) is 13.3. The molecule has 0 saturated heterocycles. The number of nitrogens with zero attached hydrogens (tertiary/aromatic N) is 2. The molecule has 150 valence electrons. The number of hydrogen-bond donors (Lipinski definition) is 1. The van der Waals surface area contributed by atoms with Crippen LogP contribution in [0.2, 0.25) is 0 Å². The molecule has 1 aliphatic heterocycles. The van der Waals surface area contributed by atoms with Crippen molar-refractivity contribution < 1.29 is 17.9 Å². The predicted octanol–water partition coefficient (Wildman–Crippen LogP) is 3.28. The first kappa shape index (κ1) is 19.2. The van der Waals surface area contributed by atoms with Crippen molar-refractivity contribution >= 4 is 21.4 Å². The maximum Gasteiger partial charge on any atom is 0.227 e. The molecule has 3 aromatic rings. The van der Waals surface area contributed by atoms with E-state index in [2.05, 4.69) is 14.9 Å². The van der Waals surface area contributed by atoms with Crippen molar-refractivity contribution in [3.05, 3.63) is 66.7 Å². The molecule has 0 radical (unpaired) electrons. The van der Waals surface area contributed by atoms with Crippen molar-refractivity contribution in [2.75, 3.05) is 11.6 Å². The Hall–Kier alpha value is -3.13. The minimum atomic E-state index is -3.23. The van der Waals surface area contributed by atoms with Gasteiger partial charge in [0.25, 0.3) is 0 Å². The van der Waals surface area contributed by atoms with Crippen molar-refractivity contribution in [1.29, 1.82) is 0 Å². The number of rotatable bonds is 5. The fourth-order valence-corrected chi connectivity index (χ4v) is 3.96. The quantitative estimate of drug-likeness (QED) is 0.696. The van der Waals surface area contributed by atoms with Gasteiger partial charge in [0.15, 0.2) is 9.84 Å². The Morgan fingerprint density at radius 2 is 1.76 bits per heavy atom. The fraction of sp³-hybridized carbons (Fsp3) is 0.238. The minimum Gasteiger partial charge on any atom is -0.457 e. The van der Waals surface area contributed by atoms with Crippen LogP contribution >= 0.6 is 0 Å². The SMILES string of the molecule is CS(=O)(=O)c1ccc(Oc2ccc(NC(=O)[C@H]3CCn4cncc4C3)cc2)cc1. The number of anilines is 1.